The van der Waals surface area contributed by atoms with Crippen molar-refractivity contribution in [3.05, 3.63) is 53.6 Å². The van der Waals surface area contributed by atoms with Crippen molar-refractivity contribution >= 4 is 5.91 Å². The summed E-state index contributed by atoms with van der Waals surface area (Å²) >= 11 is 0. The second-order valence-corrected chi connectivity index (χ2v) is 6.78. The lowest BCUT2D eigenvalue weighted by Gasteiger charge is -2.29. The molecule has 0 radical (unpaired) electrons. The molecule has 6 nitrogen and oxygen atoms in total. The van der Waals surface area contributed by atoms with Crippen molar-refractivity contribution in [1.82, 2.24) is 10.2 Å². The largest absolute Gasteiger partial charge is 0.497 e. The van der Waals surface area contributed by atoms with Gasteiger partial charge in [0.1, 0.15) is 17.2 Å². The Kier molecular flexibility index (Phi) is 6.76. The van der Waals surface area contributed by atoms with Crippen LogP contribution in [0.3, 0.4) is 0 Å². The van der Waals surface area contributed by atoms with Gasteiger partial charge in [-0.3, -0.25) is 9.69 Å². The number of amides is 1. The molecule has 0 aromatic heterocycles. The third kappa shape index (κ3) is 4.39. The van der Waals surface area contributed by atoms with Crippen LogP contribution < -0.4 is 19.5 Å². The number of benzene rings is 2. The molecule has 150 valence electrons. The number of carbonyl (C=O) groups is 1. The van der Waals surface area contributed by atoms with Crippen molar-refractivity contribution in [3.63, 3.8) is 0 Å². The van der Waals surface area contributed by atoms with Gasteiger partial charge in [0, 0.05) is 12.1 Å². The maximum Gasteiger partial charge on any atom is 0.255 e. The molecular formula is C22H28N2O4. The molecule has 2 aromatic carbocycles. The summed E-state index contributed by atoms with van der Waals surface area (Å²) in [6.45, 7) is 2.52. The molecular weight excluding hydrogens is 356 g/mol. The van der Waals surface area contributed by atoms with Gasteiger partial charge in [-0.2, -0.15) is 0 Å². The first kappa shape index (κ1) is 20.0. The molecule has 6 heteroatoms. The van der Waals surface area contributed by atoms with Crippen LogP contribution in [0.15, 0.2) is 42.5 Å². The zero-order chi connectivity index (χ0) is 19.9. The van der Waals surface area contributed by atoms with Crippen LogP contribution in [0.1, 0.15) is 34.8 Å². The number of nitrogens with one attached hydrogen (secondary N) is 1. The summed E-state index contributed by atoms with van der Waals surface area (Å²) in [4.78, 5) is 15.3. The summed E-state index contributed by atoms with van der Waals surface area (Å²) in [6.07, 6.45) is 2.34. The van der Waals surface area contributed by atoms with Crippen molar-refractivity contribution < 1.29 is 19.0 Å². The molecule has 28 heavy (non-hydrogen) atoms. The minimum atomic E-state index is -0.185. The summed E-state index contributed by atoms with van der Waals surface area (Å²) < 4.78 is 16.2. The van der Waals surface area contributed by atoms with Crippen molar-refractivity contribution in [2.75, 3.05) is 41.0 Å². The Morgan fingerprint density at radius 2 is 1.71 bits per heavy atom. The molecule has 0 spiro atoms. The number of rotatable bonds is 8. The molecule has 3 rings (SSSR count). The second-order valence-electron chi connectivity index (χ2n) is 6.78. The molecule has 2 aromatic rings. The topological polar surface area (TPSA) is 60.0 Å². The van der Waals surface area contributed by atoms with E-state index < -0.39 is 0 Å². The summed E-state index contributed by atoms with van der Waals surface area (Å²) in [6, 6.07) is 13.3. The van der Waals surface area contributed by atoms with Crippen LogP contribution in [-0.2, 0) is 0 Å². The fourth-order valence-electron chi connectivity index (χ4n) is 3.71. The summed E-state index contributed by atoms with van der Waals surface area (Å²) in [5, 5.41) is 3.08. The molecule has 0 saturated carbocycles. The third-order valence-corrected chi connectivity index (χ3v) is 5.19. The predicted octanol–water partition coefficient (Wildman–Crippen LogP) is 3.28. The molecule has 1 aliphatic rings. The molecule has 0 aliphatic carbocycles. The first-order chi connectivity index (χ1) is 13.7. The average Bonchev–Trinajstić information content (AvgIpc) is 3.28. The van der Waals surface area contributed by atoms with Crippen LogP contribution in [0.4, 0.5) is 0 Å². The van der Waals surface area contributed by atoms with Crippen LogP contribution in [0.2, 0.25) is 0 Å². The lowest BCUT2D eigenvalue weighted by Crippen LogP contribution is -2.37. The third-order valence-electron chi connectivity index (χ3n) is 5.19. The van der Waals surface area contributed by atoms with E-state index in [4.69, 9.17) is 14.2 Å². The highest BCUT2D eigenvalue weighted by molar-refractivity contribution is 5.97. The van der Waals surface area contributed by atoms with Gasteiger partial charge in [0.15, 0.2) is 0 Å². The van der Waals surface area contributed by atoms with Gasteiger partial charge in [-0.05, 0) is 50.2 Å². The molecule has 1 amide bonds. The zero-order valence-electron chi connectivity index (χ0n) is 16.7. The summed E-state index contributed by atoms with van der Waals surface area (Å²) in [7, 11) is 4.81. The Balaban J connectivity index is 1.81. The Morgan fingerprint density at radius 3 is 2.39 bits per heavy atom. The maximum absolute atomic E-state index is 12.9. The summed E-state index contributed by atoms with van der Waals surface area (Å²) in [5.41, 5.74) is 1.55. The minimum Gasteiger partial charge on any atom is -0.497 e. The monoisotopic (exact) mass is 384 g/mol. The number of likely N-dealkylation sites (tertiary alicyclic amines) is 1. The van der Waals surface area contributed by atoms with Gasteiger partial charge >= 0.3 is 0 Å². The zero-order valence-corrected chi connectivity index (χ0v) is 16.7. The van der Waals surface area contributed by atoms with Gasteiger partial charge < -0.3 is 19.5 Å². The first-order valence-electron chi connectivity index (χ1n) is 9.55. The molecule has 1 atom stereocenters. The Hall–Kier alpha value is -2.73. The normalized spacial score (nSPS) is 15.1. The lowest BCUT2D eigenvalue weighted by molar-refractivity contribution is 0.0934. The van der Waals surface area contributed by atoms with Gasteiger partial charge in [0.25, 0.3) is 5.91 Å². The van der Waals surface area contributed by atoms with Crippen molar-refractivity contribution in [2.24, 2.45) is 0 Å². The van der Waals surface area contributed by atoms with E-state index in [1.807, 2.05) is 18.2 Å². The van der Waals surface area contributed by atoms with E-state index in [1.54, 1.807) is 39.5 Å². The number of hydrogen-bond donors (Lipinski definition) is 1. The van der Waals surface area contributed by atoms with E-state index in [2.05, 4.69) is 16.3 Å². The number of para-hydroxylation sites is 1. The number of carbonyl (C=O) groups excluding carboxylic acids is 1. The molecule has 1 unspecified atom stereocenters. The molecule has 1 heterocycles. The number of methoxy groups -OCH3 is 3. The first-order valence-corrected chi connectivity index (χ1v) is 9.55. The van der Waals surface area contributed by atoms with Gasteiger partial charge in [0.05, 0.1) is 32.9 Å². The van der Waals surface area contributed by atoms with Crippen LogP contribution in [0.5, 0.6) is 17.2 Å². The van der Waals surface area contributed by atoms with Crippen LogP contribution in [0, 0.1) is 0 Å². The van der Waals surface area contributed by atoms with Gasteiger partial charge in [0.2, 0.25) is 0 Å². The fraction of sp³-hybridized carbons (Fsp3) is 0.409. The van der Waals surface area contributed by atoms with E-state index in [1.165, 1.54) is 12.8 Å². The van der Waals surface area contributed by atoms with Crippen LogP contribution in [0.25, 0.3) is 0 Å². The number of hydrogen-bond acceptors (Lipinski definition) is 5. The highest BCUT2D eigenvalue weighted by Crippen LogP contribution is 2.31. The Labute approximate surface area is 166 Å². The smallest absolute Gasteiger partial charge is 0.255 e. The average molecular weight is 384 g/mol. The minimum absolute atomic E-state index is 0.0548. The molecule has 0 bridgehead atoms. The van der Waals surface area contributed by atoms with E-state index in [-0.39, 0.29) is 11.9 Å². The molecule has 1 saturated heterocycles. The van der Waals surface area contributed by atoms with Crippen molar-refractivity contribution in [3.8, 4) is 17.2 Å². The van der Waals surface area contributed by atoms with Crippen molar-refractivity contribution in [2.45, 2.75) is 18.9 Å². The Morgan fingerprint density at radius 1 is 1.00 bits per heavy atom. The Bertz CT molecular complexity index is 803. The van der Waals surface area contributed by atoms with Crippen LogP contribution >= 0.6 is 0 Å². The van der Waals surface area contributed by atoms with Crippen LogP contribution in [-0.4, -0.2) is 51.8 Å². The van der Waals surface area contributed by atoms with Gasteiger partial charge in [-0.1, -0.05) is 18.2 Å². The summed E-state index contributed by atoms with van der Waals surface area (Å²) in [5.74, 6) is 1.79. The van der Waals surface area contributed by atoms with Crippen molar-refractivity contribution in [1.29, 1.82) is 0 Å². The molecule has 1 N–H and O–H groups in total. The van der Waals surface area contributed by atoms with E-state index in [9.17, 15) is 4.79 Å². The van der Waals surface area contributed by atoms with E-state index >= 15 is 0 Å². The fourth-order valence-corrected chi connectivity index (χ4v) is 3.71. The van der Waals surface area contributed by atoms with E-state index in [0.717, 1.165) is 24.4 Å². The highest BCUT2D eigenvalue weighted by atomic mass is 16.5. The predicted molar refractivity (Wildman–Crippen MR) is 108 cm³/mol. The highest BCUT2D eigenvalue weighted by Gasteiger charge is 2.26. The molecule has 1 fully saturated rings. The molecule has 1 aliphatic heterocycles. The maximum atomic E-state index is 12.9. The van der Waals surface area contributed by atoms with E-state index in [0.29, 0.717) is 23.6 Å². The number of ether oxygens (including phenoxy) is 3. The quantitative estimate of drug-likeness (QED) is 0.757. The van der Waals surface area contributed by atoms with Gasteiger partial charge in [-0.15, -0.1) is 0 Å². The lowest BCUT2D eigenvalue weighted by atomic mass is 10.0. The number of nitrogens with zero attached hydrogens (tertiary/aromatic N) is 1. The standard InChI is InChI=1S/C22H28N2O4/c1-26-16-10-11-21(28-3)18(14-16)22(25)23-15-19(24-12-6-7-13-24)17-8-4-5-9-20(17)27-2/h4-5,8-11,14,19H,6-7,12-13,15H2,1-3H3,(H,23,25). The SMILES string of the molecule is COc1ccc(OC)c(C(=O)NCC(c2ccccc2OC)N2CCCC2)c1. The van der Waals surface area contributed by atoms with Gasteiger partial charge in [-0.25, -0.2) is 0 Å². The second kappa shape index (κ2) is 9.46.